The van der Waals surface area contributed by atoms with Crippen LogP contribution in [0.4, 0.5) is 5.82 Å². The van der Waals surface area contributed by atoms with Crippen LogP contribution in [0.3, 0.4) is 0 Å². The van der Waals surface area contributed by atoms with E-state index in [0.29, 0.717) is 24.3 Å². The highest BCUT2D eigenvalue weighted by molar-refractivity contribution is 9.24. The van der Waals surface area contributed by atoms with Crippen molar-refractivity contribution in [1.82, 2.24) is 15.3 Å². The van der Waals surface area contributed by atoms with Crippen LogP contribution < -0.4 is 10.6 Å². The van der Waals surface area contributed by atoms with Gasteiger partial charge in [-0.2, -0.15) is 0 Å². The van der Waals surface area contributed by atoms with E-state index in [-0.39, 0.29) is 21.5 Å². The molecule has 0 radical (unpaired) electrons. The summed E-state index contributed by atoms with van der Waals surface area (Å²) in [7, 11) is 0. The lowest BCUT2D eigenvalue weighted by molar-refractivity contribution is -0.124. The van der Waals surface area contributed by atoms with Crippen LogP contribution in [0.1, 0.15) is 34.8 Å². The van der Waals surface area contributed by atoms with Crippen LogP contribution >= 0.6 is 31.9 Å². The molecule has 1 aliphatic heterocycles. The molecule has 0 aromatic carbocycles. The van der Waals surface area contributed by atoms with Crippen molar-refractivity contribution >= 4 is 66.4 Å². The molecule has 0 unspecified atom stereocenters. The number of rotatable bonds is 2. The fraction of sp³-hybridized carbons (Fsp3) is 0.312. The number of anilines is 1. The molecule has 3 rings (SSSR count). The number of nitrogens with zero attached hydrogens (tertiary/aromatic N) is 2. The molecule has 2 N–H and O–H groups in total. The average Bonchev–Trinajstić information content (AvgIpc) is 2.90. The number of imide groups is 1. The van der Waals surface area contributed by atoms with Gasteiger partial charge in [0.05, 0.1) is 5.69 Å². The molecule has 2 aromatic rings. The number of pyridine rings is 2. The van der Waals surface area contributed by atoms with E-state index in [4.69, 9.17) is 0 Å². The highest BCUT2D eigenvalue weighted by Crippen LogP contribution is 2.30. The number of carbonyl (C=O) groups is 3. The first-order valence-corrected chi connectivity index (χ1v) is 9.26. The van der Waals surface area contributed by atoms with E-state index in [1.54, 1.807) is 6.07 Å². The Morgan fingerprint density at radius 3 is 2.32 bits per heavy atom. The SMILES string of the molecule is CC(=O)Nc1ccc2c(C)cc(C(Br)Br)nc2n1.O=C1CCC(=O)N1. The quantitative estimate of drug-likeness (QED) is 0.517. The fourth-order valence-electron chi connectivity index (χ4n) is 2.16. The number of alkyl halides is 2. The normalized spacial score (nSPS) is 13.5. The molecule has 1 aliphatic rings. The van der Waals surface area contributed by atoms with Gasteiger partial charge in [0.1, 0.15) is 9.55 Å². The summed E-state index contributed by atoms with van der Waals surface area (Å²) in [5.41, 5.74) is 2.58. The number of fused-ring (bicyclic) bond motifs is 1. The largest absolute Gasteiger partial charge is 0.311 e. The van der Waals surface area contributed by atoms with Crippen LogP contribution in [0.15, 0.2) is 18.2 Å². The molecule has 9 heteroatoms. The molecular weight excluding hydrogens is 456 g/mol. The minimum absolute atomic E-state index is 0.0145. The molecule has 25 heavy (non-hydrogen) atoms. The first kappa shape index (κ1) is 19.5. The predicted octanol–water partition coefficient (Wildman–Crippen LogP) is 3.11. The first-order valence-electron chi connectivity index (χ1n) is 7.43. The molecule has 0 saturated carbocycles. The summed E-state index contributed by atoms with van der Waals surface area (Å²) >= 11 is 6.84. The van der Waals surface area contributed by atoms with Crippen molar-refractivity contribution in [2.24, 2.45) is 0 Å². The minimum atomic E-state index is -0.148. The summed E-state index contributed by atoms with van der Waals surface area (Å²) in [5.74, 6) is 0.0725. The van der Waals surface area contributed by atoms with Crippen molar-refractivity contribution < 1.29 is 14.4 Å². The topological polar surface area (TPSA) is 101 Å². The minimum Gasteiger partial charge on any atom is -0.311 e. The van der Waals surface area contributed by atoms with Gasteiger partial charge in [-0.3, -0.25) is 19.7 Å². The number of hydrogen-bond acceptors (Lipinski definition) is 5. The second kappa shape index (κ2) is 8.48. The van der Waals surface area contributed by atoms with E-state index >= 15 is 0 Å². The van der Waals surface area contributed by atoms with E-state index in [0.717, 1.165) is 16.6 Å². The molecule has 2 aromatic heterocycles. The molecule has 3 heterocycles. The third kappa shape index (κ3) is 5.57. The van der Waals surface area contributed by atoms with Crippen molar-refractivity contribution in [1.29, 1.82) is 0 Å². The molecule has 0 spiro atoms. The smallest absolute Gasteiger partial charge is 0.227 e. The van der Waals surface area contributed by atoms with Crippen molar-refractivity contribution in [3.05, 3.63) is 29.5 Å². The van der Waals surface area contributed by atoms with Crippen LogP contribution in [0.5, 0.6) is 0 Å². The number of aromatic nitrogens is 2. The van der Waals surface area contributed by atoms with Crippen LogP contribution in [-0.4, -0.2) is 27.7 Å². The Morgan fingerprint density at radius 1 is 1.20 bits per heavy atom. The van der Waals surface area contributed by atoms with Gasteiger partial charge in [0.15, 0.2) is 5.65 Å². The van der Waals surface area contributed by atoms with Gasteiger partial charge in [0, 0.05) is 25.2 Å². The Hall–Kier alpha value is -1.87. The number of halogens is 2. The van der Waals surface area contributed by atoms with Crippen LogP contribution in [0.25, 0.3) is 11.0 Å². The highest BCUT2D eigenvalue weighted by atomic mass is 79.9. The summed E-state index contributed by atoms with van der Waals surface area (Å²) in [4.78, 5) is 40.0. The van der Waals surface area contributed by atoms with Gasteiger partial charge in [-0.25, -0.2) is 9.97 Å². The Bertz CT molecular complexity index is 825. The van der Waals surface area contributed by atoms with E-state index in [9.17, 15) is 14.4 Å². The van der Waals surface area contributed by atoms with E-state index in [2.05, 4.69) is 52.5 Å². The second-order valence-corrected chi connectivity index (χ2v) is 8.45. The maximum Gasteiger partial charge on any atom is 0.227 e. The van der Waals surface area contributed by atoms with Crippen molar-refractivity contribution in [3.63, 3.8) is 0 Å². The molecule has 0 bridgehead atoms. The van der Waals surface area contributed by atoms with Gasteiger partial charge in [-0.05, 0) is 30.7 Å². The average molecular weight is 472 g/mol. The van der Waals surface area contributed by atoms with E-state index in [1.807, 2.05) is 19.1 Å². The van der Waals surface area contributed by atoms with Crippen LogP contribution in [0.2, 0.25) is 0 Å². The van der Waals surface area contributed by atoms with E-state index < -0.39 is 0 Å². The zero-order chi connectivity index (χ0) is 18.6. The van der Waals surface area contributed by atoms with Gasteiger partial charge in [0.25, 0.3) is 0 Å². The fourth-order valence-corrected chi connectivity index (χ4v) is 2.63. The lowest BCUT2D eigenvalue weighted by atomic mass is 10.1. The molecule has 3 amide bonds. The molecule has 0 aliphatic carbocycles. The van der Waals surface area contributed by atoms with Gasteiger partial charge in [-0.1, -0.05) is 31.9 Å². The van der Waals surface area contributed by atoms with Gasteiger partial charge < -0.3 is 5.32 Å². The third-order valence-electron chi connectivity index (χ3n) is 3.28. The second-order valence-electron chi connectivity index (χ2n) is 5.38. The van der Waals surface area contributed by atoms with Gasteiger partial charge in [-0.15, -0.1) is 0 Å². The maximum atomic E-state index is 11.0. The third-order valence-corrected chi connectivity index (χ3v) is 4.22. The lowest BCUT2D eigenvalue weighted by Gasteiger charge is -2.08. The van der Waals surface area contributed by atoms with Gasteiger partial charge in [0.2, 0.25) is 17.7 Å². The maximum absolute atomic E-state index is 11.0. The zero-order valence-corrected chi connectivity index (χ0v) is 16.8. The lowest BCUT2D eigenvalue weighted by Crippen LogP contribution is -2.18. The molecule has 1 fully saturated rings. The Balaban J connectivity index is 0.000000269. The predicted molar refractivity (Wildman–Crippen MR) is 102 cm³/mol. The van der Waals surface area contributed by atoms with Crippen LogP contribution in [-0.2, 0) is 14.4 Å². The molecule has 132 valence electrons. The Morgan fingerprint density at radius 2 is 1.84 bits per heavy atom. The van der Waals surface area contributed by atoms with Crippen molar-refractivity contribution in [2.75, 3.05) is 5.32 Å². The monoisotopic (exact) mass is 470 g/mol. The van der Waals surface area contributed by atoms with Crippen molar-refractivity contribution in [2.45, 2.75) is 30.4 Å². The summed E-state index contributed by atoms with van der Waals surface area (Å²) in [6.07, 6.45) is 0.748. The number of amides is 3. The van der Waals surface area contributed by atoms with E-state index in [1.165, 1.54) is 6.92 Å². The van der Waals surface area contributed by atoms with Crippen LogP contribution in [0, 0.1) is 6.92 Å². The number of hydrogen-bond donors (Lipinski definition) is 2. The van der Waals surface area contributed by atoms with Crippen molar-refractivity contribution in [3.8, 4) is 0 Å². The molecular formula is C16H16Br2N4O3. The summed E-state index contributed by atoms with van der Waals surface area (Å²) in [6, 6.07) is 5.69. The Labute approximate surface area is 161 Å². The first-order chi connectivity index (χ1) is 11.8. The van der Waals surface area contributed by atoms with Gasteiger partial charge >= 0.3 is 0 Å². The summed E-state index contributed by atoms with van der Waals surface area (Å²) in [6.45, 7) is 3.46. The number of aryl methyl sites for hydroxylation is 1. The summed E-state index contributed by atoms with van der Waals surface area (Å²) < 4.78 is -0.0145. The highest BCUT2D eigenvalue weighted by Gasteiger charge is 2.15. The molecule has 1 saturated heterocycles. The molecule has 0 atom stereocenters. The number of nitrogens with one attached hydrogen (secondary N) is 2. The Kier molecular flexibility index (Phi) is 6.60. The zero-order valence-electron chi connectivity index (χ0n) is 13.6. The summed E-state index contributed by atoms with van der Waals surface area (Å²) in [5, 5.41) is 5.77. The molecule has 7 nitrogen and oxygen atoms in total. The standard InChI is InChI=1S/C12H11Br2N3O.C4H5NO2/c1-6-5-9(11(13)14)16-12-8(6)3-4-10(17-12)15-7(2)18;6-3-1-2-4(7)5-3/h3-5,11H,1-2H3,(H,15,16,17,18);1-2H2,(H,5,6,7). The number of carbonyl (C=O) groups excluding carboxylic acids is 3.